The highest BCUT2D eigenvalue weighted by atomic mass is 16.5. The quantitative estimate of drug-likeness (QED) is 0.644. The van der Waals surface area contributed by atoms with Gasteiger partial charge in [0.1, 0.15) is 5.76 Å². The Bertz CT molecular complexity index is 343. The molecule has 0 aliphatic rings. The summed E-state index contributed by atoms with van der Waals surface area (Å²) in [5, 5.41) is 8.59. The highest BCUT2D eigenvalue weighted by molar-refractivity contribution is 5.60. The van der Waals surface area contributed by atoms with Crippen LogP contribution in [0.4, 0.5) is 0 Å². The maximum absolute atomic E-state index is 8.59. The Balaban J connectivity index is 2.99. The highest BCUT2D eigenvalue weighted by Crippen LogP contribution is 2.14. The lowest BCUT2D eigenvalue weighted by atomic mass is 10.1. The highest BCUT2D eigenvalue weighted by Gasteiger charge is 1.98. The first-order valence-electron chi connectivity index (χ1n) is 4.02. The zero-order valence-corrected chi connectivity index (χ0v) is 7.74. The topological polar surface area (TPSA) is 33.0 Å². The van der Waals surface area contributed by atoms with Gasteiger partial charge in [-0.15, -0.1) is 0 Å². The monoisotopic (exact) mass is 173 g/mol. The van der Waals surface area contributed by atoms with Crippen molar-refractivity contribution in [2.45, 2.75) is 6.92 Å². The second-order valence-electron chi connectivity index (χ2n) is 2.55. The fraction of sp³-hybridized carbons (Fsp3) is 0.182. The Labute approximate surface area is 78.1 Å². The lowest BCUT2D eigenvalue weighted by Gasteiger charge is -2.04. The summed E-state index contributed by atoms with van der Waals surface area (Å²) in [6.45, 7) is 1.91. The summed E-state index contributed by atoms with van der Waals surface area (Å²) in [5.74, 6) is 0.824. The van der Waals surface area contributed by atoms with Gasteiger partial charge in [-0.25, -0.2) is 0 Å². The third-order valence-corrected chi connectivity index (χ3v) is 1.78. The molecule has 0 N–H and O–H groups in total. The summed E-state index contributed by atoms with van der Waals surface area (Å²) in [4.78, 5) is 0. The number of benzene rings is 1. The van der Waals surface area contributed by atoms with Crippen molar-refractivity contribution in [2.75, 3.05) is 7.11 Å². The first-order chi connectivity index (χ1) is 6.31. The van der Waals surface area contributed by atoms with Gasteiger partial charge in [0.15, 0.2) is 0 Å². The number of nitrogens with zero attached hydrogens (tertiary/aromatic N) is 1. The van der Waals surface area contributed by atoms with E-state index < -0.39 is 0 Å². The SMILES string of the molecule is C/C=C(\OC)c1ccc(C#N)cc1. The minimum Gasteiger partial charge on any atom is -0.496 e. The molecule has 0 spiro atoms. The zero-order valence-electron chi connectivity index (χ0n) is 7.74. The minimum absolute atomic E-state index is 0.662. The largest absolute Gasteiger partial charge is 0.496 e. The van der Waals surface area contributed by atoms with Crippen molar-refractivity contribution in [3.8, 4) is 6.07 Å². The number of hydrogen-bond acceptors (Lipinski definition) is 2. The Kier molecular flexibility index (Phi) is 3.10. The smallest absolute Gasteiger partial charge is 0.121 e. The number of ether oxygens (including phenoxy) is 1. The summed E-state index contributed by atoms with van der Waals surface area (Å²) in [5.41, 5.74) is 1.65. The lowest BCUT2D eigenvalue weighted by molar-refractivity contribution is 0.369. The van der Waals surface area contributed by atoms with E-state index in [1.165, 1.54) is 0 Å². The van der Waals surface area contributed by atoms with Crippen LogP contribution in [0.2, 0.25) is 0 Å². The van der Waals surface area contributed by atoms with Crippen LogP contribution < -0.4 is 0 Å². The van der Waals surface area contributed by atoms with Gasteiger partial charge in [-0.2, -0.15) is 5.26 Å². The molecule has 0 amide bonds. The van der Waals surface area contributed by atoms with E-state index in [-0.39, 0.29) is 0 Å². The van der Waals surface area contributed by atoms with E-state index >= 15 is 0 Å². The van der Waals surface area contributed by atoms with Gasteiger partial charge in [0.25, 0.3) is 0 Å². The van der Waals surface area contributed by atoms with Gasteiger partial charge in [0.05, 0.1) is 18.7 Å². The van der Waals surface area contributed by atoms with Crippen molar-refractivity contribution in [3.05, 3.63) is 41.5 Å². The van der Waals surface area contributed by atoms with Gasteiger partial charge < -0.3 is 4.74 Å². The molecule has 66 valence electrons. The summed E-state index contributed by atoms with van der Waals surface area (Å²) >= 11 is 0. The molecule has 0 radical (unpaired) electrons. The van der Waals surface area contributed by atoms with Gasteiger partial charge in [0, 0.05) is 5.56 Å². The third kappa shape index (κ3) is 2.09. The molecule has 1 rings (SSSR count). The van der Waals surface area contributed by atoms with Crippen molar-refractivity contribution >= 4 is 5.76 Å². The Morgan fingerprint density at radius 1 is 1.38 bits per heavy atom. The van der Waals surface area contributed by atoms with Crippen LogP contribution in [0, 0.1) is 11.3 Å². The fourth-order valence-electron chi connectivity index (χ4n) is 1.11. The van der Waals surface area contributed by atoms with E-state index in [9.17, 15) is 0 Å². The molecule has 0 bridgehead atoms. The van der Waals surface area contributed by atoms with Gasteiger partial charge >= 0.3 is 0 Å². The van der Waals surface area contributed by atoms with E-state index in [1.54, 1.807) is 19.2 Å². The van der Waals surface area contributed by atoms with Crippen LogP contribution in [-0.2, 0) is 4.74 Å². The van der Waals surface area contributed by atoms with Crippen molar-refractivity contribution in [1.29, 1.82) is 5.26 Å². The van der Waals surface area contributed by atoms with Crippen molar-refractivity contribution in [1.82, 2.24) is 0 Å². The zero-order chi connectivity index (χ0) is 9.68. The molecule has 0 unspecified atom stereocenters. The number of rotatable bonds is 2. The van der Waals surface area contributed by atoms with Crippen molar-refractivity contribution < 1.29 is 4.74 Å². The molecule has 0 saturated heterocycles. The molecular formula is C11H11NO. The molecule has 2 nitrogen and oxygen atoms in total. The van der Waals surface area contributed by atoms with E-state index in [4.69, 9.17) is 10.00 Å². The van der Waals surface area contributed by atoms with Crippen LogP contribution in [0.15, 0.2) is 30.3 Å². The fourth-order valence-corrected chi connectivity index (χ4v) is 1.11. The average Bonchev–Trinajstić information content (AvgIpc) is 2.21. The number of allylic oxidation sites excluding steroid dienone is 1. The second kappa shape index (κ2) is 4.32. The third-order valence-electron chi connectivity index (χ3n) is 1.78. The maximum atomic E-state index is 8.59. The Morgan fingerprint density at radius 3 is 2.38 bits per heavy atom. The number of methoxy groups -OCH3 is 1. The average molecular weight is 173 g/mol. The van der Waals surface area contributed by atoms with E-state index in [1.807, 2.05) is 25.1 Å². The Hall–Kier alpha value is -1.75. The molecule has 0 aliphatic heterocycles. The van der Waals surface area contributed by atoms with E-state index in [0.29, 0.717) is 5.56 Å². The van der Waals surface area contributed by atoms with Crippen LogP contribution in [0.5, 0.6) is 0 Å². The van der Waals surface area contributed by atoms with Gasteiger partial charge in [-0.3, -0.25) is 0 Å². The summed E-state index contributed by atoms with van der Waals surface area (Å²) < 4.78 is 5.14. The summed E-state index contributed by atoms with van der Waals surface area (Å²) in [6, 6.07) is 9.36. The standard InChI is InChI=1S/C11H11NO/c1-3-11(13-2)10-6-4-9(8-12)5-7-10/h3-7H,1-2H3/b11-3-. The van der Waals surface area contributed by atoms with Crippen LogP contribution in [-0.4, -0.2) is 7.11 Å². The van der Waals surface area contributed by atoms with Crippen LogP contribution >= 0.6 is 0 Å². The van der Waals surface area contributed by atoms with Crippen LogP contribution in [0.1, 0.15) is 18.1 Å². The normalized spacial score (nSPS) is 10.7. The molecule has 0 saturated carbocycles. The first kappa shape index (κ1) is 9.34. The minimum atomic E-state index is 0.662. The lowest BCUT2D eigenvalue weighted by Crippen LogP contribution is -1.86. The van der Waals surface area contributed by atoms with Crippen molar-refractivity contribution in [2.24, 2.45) is 0 Å². The van der Waals surface area contributed by atoms with E-state index in [2.05, 4.69) is 6.07 Å². The summed E-state index contributed by atoms with van der Waals surface area (Å²) in [6.07, 6.45) is 1.89. The van der Waals surface area contributed by atoms with Gasteiger partial charge in [-0.05, 0) is 37.3 Å². The molecule has 0 fully saturated rings. The molecule has 0 heterocycles. The van der Waals surface area contributed by atoms with Crippen LogP contribution in [0.3, 0.4) is 0 Å². The molecular weight excluding hydrogens is 162 g/mol. The first-order valence-corrected chi connectivity index (χ1v) is 4.02. The van der Waals surface area contributed by atoms with Crippen LogP contribution in [0.25, 0.3) is 5.76 Å². The predicted molar refractivity (Wildman–Crippen MR) is 51.8 cm³/mol. The van der Waals surface area contributed by atoms with Gasteiger partial charge in [0.2, 0.25) is 0 Å². The molecule has 0 aliphatic carbocycles. The number of hydrogen-bond donors (Lipinski definition) is 0. The molecule has 2 heteroatoms. The summed E-state index contributed by atoms with van der Waals surface area (Å²) in [7, 11) is 1.63. The van der Waals surface area contributed by atoms with Gasteiger partial charge in [-0.1, -0.05) is 0 Å². The predicted octanol–water partition coefficient (Wildman–Crippen LogP) is 2.57. The molecule has 0 atom stereocenters. The molecule has 0 aromatic heterocycles. The number of nitriles is 1. The second-order valence-corrected chi connectivity index (χ2v) is 2.55. The molecule has 1 aromatic rings. The Morgan fingerprint density at radius 2 is 2.00 bits per heavy atom. The molecule has 13 heavy (non-hydrogen) atoms. The maximum Gasteiger partial charge on any atom is 0.121 e. The molecule has 1 aromatic carbocycles. The van der Waals surface area contributed by atoms with Crippen molar-refractivity contribution in [3.63, 3.8) is 0 Å². The van der Waals surface area contributed by atoms with E-state index in [0.717, 1.165) is 11.3 Å².